The number of hydrogen-bond acceptors (Lipinski definition) is 2. The molecule has 1 aromatic carbocycles. The number of benzene rings is 1. The van der Waals surface area contributed by atoms with Crippen LogP contribution in [0.2, 0.25) is 0 Å². The number of nitrogens with zero attached hydrogens (tertiary/aromatic N) is 2. The molecule has 0 saturated carbocycles. The zero-order valence-corrected chi connectivity index (χ0v) is 10.8. The standard InChI is InChI=1S/C12H12N2S2/c1-9(15)13-12-14(2)11(8-16-12)10-6-4-3-5-7-10/h3-8H,1-2H3. The van der Waals surface area contributed by atoms with Gasteiger partial charge in [-0.15, -0.1) is 11.3 Å². The molecule has 0 spiro atoms. The zero-order valence-electron chi connectivity index (χ0n) is 9.18. The van der Waals surface area contributed by atoms with Crippen LogP contribution in [0.1, 0.15) is 6.92 Å². The van der Waals surface area contributed by atoms with Crippen molar-refractivity contribution in [3.63, 3.8) is 0 Å². The molecule has 0 aliphatic rings. The van der Waals surface area contributed by atoms with E-state index in [1.165, 1.54) is 11.3 Å². The predicted octanol–water partition coefficient (Wildman–Crippen LogP) is 3.00. The van der Waals surface area contributed by atoms with Crippen molar-refractivity contribution in [2.75, 3.05) is 0 Å². The molecule has 4 heteroatoms. The van der Waals surface area contributed by atoms with Gasteiger partial charge in [0.1, 0.15) is 4.99 Å². The summed E-state index contributed by atoms with van der Waals surface area (Å²) in [6.07, 6.45) is 0. The van der Waals surface area contributed by atoms with E-state index in [9.17, 15) is 0 Å². The lowest BCUT2D eigenvalue weighted by Crippen LogP contribution is -2.12. The highest BCUT2D eigenvalue weighted by atomic mass is 32.1. The van der Waals surface area contributed by atoms with Gasteiger partial charge in [-0.1, -0.05) is 42.5 Å². The largest absolute Gasteiger partial charge is 0.320 e. The number of thiocarbonyl (C=S) groups is 1. The van der Waals surface area contributed by atoms with E-state index in [4.69, 9.17) is 12.2 Å². The molecule has 0 amide bonds. The molecule has 82 valence electrons. The summed E-state index contributed by atoms with van der Waals surface area (Å²) in [6, 6.07) is 10.3. The number of hydrogen-bond donors (Lipinski definition) is 0. The van der Waals surface area contributed by atoms with E-state index in [1.807, 2.05) is 32.2 Å². The van der Waals surface area contributed by atoms with Gasteiger partial charge in [-0.2, -0.15) is 0 Å². The van der Waals surface area contributed by atoms with E-state index in [0.717, 1.165) is 4.80 Å². The minimum Gasteiger partial charge on any atom is -0.320 e. The molecule has 0 fully saturated rings. The molecular formula is C12H12N2S2. The van der Waals surface area contributed by atoms with E-state index in [-0.39, 0.29) is 0 Å². The lowest BCUT2D eigenvalue weighted by Gasteiger charge is -2.01. The Morgan fingerprint density at radius 1 is 1.31 bits per heavy atom. The molecular weight excluding hydrogens is 236 g/mol. The second-order valence-electron chi connectivity index (χ2n) is 3.46. The Labute approximate surface area is 104 Å². The lowest BCUT2D eigenvalue weighted by molar-refractivity contribution is 0.887. The number of aromatic nitrogens is 1. The first-order valence-corrected chi connectivity index (χ1v) is 6.22. The third-order valence-corrected chi connectivity index (χ3v) is 3.26. The molecule has 2 aromatic rings. The lowest BCUT2D eigenvalue weighted by atomic mass is 10.2. The Morgan fingerprint density at radius 3 is 2.62 bits per heavy atom. The van der Waals surface area contributed by atoms with Gasteiger partial charge in [0.2, 0.25) is 0 Å². The van der Waals surface area contributed by atoms with Crippen molar-refractivity contribution in [3.8, 4) is 11.3 Å². The molecule has 0 aliphatic carbocycles. The van der Waals surface area contributed by atoms with Gasteiger partial charge in [0.05, 0.1) is 5.69 Å². The van der Waals surface area contributed by atoms with Crippen LogP contribution in [0.5, 0.6) is 0 Å². The highest BCUT2D eigenvalue weighted by Crippen LogP contribution is 2.18. The van der Waals surface area contributed by atoms with Gasteiger partial charge in [-0.05, 0) is 12.5 Å². The van der Waals surface area contributed by atoms with E-state index in [1.54, 1.807) is 11.3 Å². The van der Waals surface area contributed by atoms with Crippen LogP contribution in [0.3, 0.4) is 0 Å². The van der Waals surface area contributed by atoms with Gasteiger partial charge in [-0.3, -0.25) is 0 Å². The molecule has 0 aliphatic heterocycles. The third kappa shape index (κ3) is 2.28. The van der Waals surface area contributed by atoms with Crippen molar-refractivity contribution in [2.24, 2.45) is 12.0 Å². The maximum absolute atomic E-state index is 4.99. The van der Waals surface area contributed by atoms with Gasteiger partial charge in [0.15, 0.2) is 4.80 Å². The molecule has 0 radical (unpaired) electrons. The first kappa shape index (κ1) is 11.2. The van der Waals surface area contributed by atoms with Gasteiger partial charge in [-0.25, -0.2) is 4.99 Å². The van der Waals surface area contributed by atoms with Crippen LogP contribution in [0.15, 0.2) is 40.7 Å². The SMILES string of the molecule is CC(=S)N=c1scc(-c2ccccc2)n1C. The summed E-state index contributed by atoms with van der Waals surface area (Å²) in [5.74, 6) is 0. The molecule has 0 N–H and O–H groups in total. The van der Waals surface area contributed by atoms with Crippen LogP contribution >= 0.6 is 23.6 Å². The topological polar surface area (TPSA) is 17.3 Å². The van der Waals surface area contributed by atoms with Crippen LogP contribution in [0.4, 0.5) is 0 Å². The summed E-state index contributed by atoms with van der Waals surface area (Å²) < 4.78 is 2.07. The predicted molar refractivity (Wildman–Crippen MR) is 72.6 cm³/mol. The second kappa shape index (κ2) is 4.72. The van der Waals surface area contributed by atoms with Crippen LogP contribution in [-0.2, 0) is 7.05 Å². The van der Waals surface area contributed by atoms with Crippen LogP contribution in [0.25, 0.3) is 11.3 Å². The smallest absolute Gasteiger partial charge is 0.190 e. The molecule has 0 saturated heterocycles. The quantitative estimate of drug-likeness (QED) is 0.709. The second-order valence-corrected chi connectivity index (χ2v) is 4.89. The van der Waals surface area contributed by atoms with Crippen molar-refractivity contribution in [3.05, 3.63) is 40.5 Å². The van der Waals surface area contributed by atoms with Gasteiger partial charge < -0.3 is 4.57 Å². The molecule has 16 heavy (non-hydrogen) atoms. The van der Waals surface area contributed by atoms with Crippen molar-refractivity contribution in [1.82, 2.24) is 4.57 Å². The van der Waals surface area contributed by atoms with Crippen molar-refractivity contribution in [1.29, 1.82) is 0 Å². The van der Waals surface area contributed by atoms with Crippen molar-refractivity contribution >= 4 is 28.5 Å². The Bertz CT molecular complexity index is 564. The maximum atomic E-state index is 4.99. The Kier molecular flexibility index (Phi) is 3.31. The summed E-state index contributed by atoms with van der Waals surface area (Å²) in [4.78, 5) is 5.92. The average Bonchev–Trinajstić information content (AvgIpc) is 2.61. The monoisotopic (exact) mass is 248 g/mol. The van der Waals surface area contributed by atoms with E-state index >= 15 is 0 Å². The summed E-state index contributed by atoms with van der Waals surface area (Å²) >= 11 is 6.60. The summed E-state index contributed by atoms with van der Waals surface area (Å²) in [7, 11) is 2.01. The molecule has 0 unspecified atom stereocenters. The first-order valence-electron chi connectivity index (χ1n) is 4.93. The van der Waals surface area contributed by atoms with Crippen molar-refractivity contribution in [2.45, 2.75) is 6.92 Å². The minimum atomic E-state index is 0.664. The van der Waals surface area contributed by atoms with Crippen LogP contribution in [-0.4, -0.2) is 9.56 Å². The average molecular weight is 248 g/mol. The highest BCUT2D eigenvalue weighted by Gasteiger charge is 2.03. The molecule has 2 nitrogen and oxygen atoms in total. The number of thiazole rings is 1. The third-order valence-electron chi connectivity index (χ3n) is 2.25. The van der Waals surface area contributed by atoms with E-state index in [2.05, 4.69) is 27.1 Å². The van der Waals surface area contributed by atoms with Crippen molar-refractivity contribution < 1.29 is 0 Å². The molecule has 0 atom stereocenters. The Balaban J connectivity index is 2.54. The molecule has 2 rings (SSSR count). The fraction of sp³-hybridized carbons (Fsp3) is 0.167. The van der Waals surface area contributed by atoms with Crippen LogP contribution < -0.4 is 4.80 Å². The minimum absolute atomic E-state index is 0.664. The van der Waals surface area contributed by atoms with E-state index in [0.29, 0.717) is 4.99 Å². The molecule has 0 bridgehead atoms. The molecule has 1 heterocycles. The van der Waals surface area contributed by atoms with Gasteiger partial charge in [0.25, 0.3) is 0 Å². The highest BCUT2D eigenvalue weighted by molar-refractivity contribution is 7.80. The fourth-order valence-corrected chi connectivity index (χ4v) is 2.58. The van der Waals surface area contributed by atoms with E-state index < -0.39 is 0 Å². The normalized spacial score (nSPS) is 11.8. The number of rotatable bonds is 1. The fourth-order valence-electron chi connectivity index (χ4n) is 1.48. The van der Waals surface area contributed by atoms with Gasteiger partial charge >= 0.3 is 0 Å². The summed E-state index contributed by atoms with van der Waals surface area (Å²) in [5, 5.41) is 2.10. The Morgan fingerprint density at radius 2 is 2.00 bits per heavy atom. The molecule has 1 aromatic heterocycles. The maximum Gasteiger partial charge on any atom is 0.190 e. The van der Waals surface area contributed by atoms with Gasteiger partial charge in [0, 0.05) is 12.4 Å². The summed E-state index contributed by atoms with van der Waals surface area (Å²) in [5.41, 5.74) is 2.37. The summed E-state index contributed by atoms with van der Waals surface area (Å²) in [6.45, 7) is 1.83. The zero-order chi connectivity index (χ0) is 11.5. The van der Waals surface area contributed by atoms with Crippen LogP contribution in [0, 0.1) is 0 Å². The Hall–Kier alpha value is -1.26. The first-order chi connectivity index (χ1) is 7.68.